The van der Waals surface area contributed by atoms with E-state index in [2.05, 4.69) is 6.58 Å². The van der Waals surface area contributed by atoms with E-state index >= 15 is 0 Å². The average molecular weight is 363 g/mol. The van der Waals surface area contributed by atoms with Gasteiger partial charge in [0.1, 0.15) is 6.54 Å². The van der Waals surface area contributed by atoms with Gasteiger partial charge in [-0.2, -0.15) is 0 Å². The average Bonchev–Trinajstić information content (AvgIpc) is 3.10. The number of carbonyl (C=O) groups is 1. The lowest BCUT2D eigenvalue weighted by atomic mass is 10.3. The van der Waals surface area contributed by atoms with Gasteiger partial charge in [-0.25, -0.2) is 4.79 Å². The minimum absolute atomic E-state index is 0.0806. The van der Waals surface area contributed by atoms with Crippen molar-refractivity contribution in [3.8, 4) is 0 Å². The normalized spacial score (nSPS) is 10.9. The van der Waals surface area contributed by atoms with Crippen molar-refractivity contribution >= 4 is 39.9 Å². The van der Waals surface area contributed by atoms with Crippen LogP contribution in [-0.2, 0) is 17.9 Å². The summed E-state index contributed by atoms with van der Waals surface area (Å²) in [5, 5.41) is 0. The summed E-state index contributed by atoms with van der Waals surface area (Å²) in [6, 6.07) is 10.7. The number of carbonyl (C=O) groups excluding carboxylic acids is 1. The molecule has 1 amide bonds. The molecule has 5 nitrogen and oxygen atoms in total. The maximum atomic E-state index is 12.7. The van der Waals surface area contributed by atoms with E-state index < -0.39 is 5.76 Å². The molecule has 2 aromatic heterocycles. The third-order valence-corrected chi connectivity index (χ3v) is 4.76. The number of thiophene rings is 1. The highest BCUT2D eigenvalue weighted by molar-refractivity contribution is 7.16. The standard InChI is InChI=1S/C17H15ClN2O3S/c1-2-9-19(10-12-7-8-15(18)24-12)16(21)11-20-13-5-3-4-6-14(13)23-17(20)22/h2-8H,1,9-11H2. The highest BCUT2D eigenvalue weighted by atomic mass is 35.5. The smallest absolute Gasteiger partial charge is 0.408 e. The Labute approximate surface area is 147 Å². The first kappa shape index (κ1) is 16.5. The van der Waals surface area contributed by atoms with Gasteiger partial charge in [-0.15, -0.1) is 17.9 Å². The zero-order valence-electron chi connectivity index (χ0n) is 12.8. The molecule has 3 rings (SSSR count). The number of oxazole rings is 1. The molecule has 7 heteroatoms. The fourth-order valence-corrected chi connectivity index (χ4v) is 3.54. The molecule has 0 saturated heterocycles. The number of amides is 1. The Balaban J connectivity index is 1.83. The van der Waals surface area contributed by atoms with Gasteiger partial charge in [0.2, 0.25) is 5.91 Å². The number of benzene rings is 1. The molecule has 0 saturated carbocycles. The Kier molecular flexibility index (Phi) is 4.87. The molecule has 0 unspecified atom stereocenters. The molecule has 24 heavy (non-hydrogen) atoms. The van der Waals surface area contributed by atoms with Gasteiger partial charge in [0.15, 0.2) is 5.58 Å². The van der Waals surface area contributed by atoms with Gasteiger partial charge in [-0.05, 0) is 24.3 Å². The van der Waals surface area contributed by atoms with Gasteiger partial charge < -0.3 is 9.32 Å². The zero-order valence-corrected chi connectivity index (χ0v) is 14.3. The number of fused-ring (bicyclic) bond motifs is 1. The third-order valence-electron chi connectivity index (χ3n) is 3.54. The summed E-state index contributed by atoms with van der Waals surface area (Å²) in [6.45, 7) is 4.42. The Bertz CT molecular complexity index is 941. The maximum Gasteiger partial charge on any atom is 0.420 e. The Morgan fingerprint density at radius 1 is 1.33 bits per heavy atom. The summed E-state index contributed by atoms with van der Waals surface area (Å²) in [7, 11) is 0. The van der Waals surface area contributed by atoms with E-state index in [1.807, 2.05) is 6.07 Å². The number of nitrogens with zero attached hydrogens (tertiary/aromatic N) is 2. The van der Waals surface area contributed by atoms with Gasteiger partial charge in [0, 0.05) is 11.4 Å². The molecule has 0 aliphatic rings. The molecule has 0 atom stereocenters. The van der Waals surface area contributed by atoms with E-state index in [0.29, 0.717) is 28.5 Å². The maximum absolute atomic E-state index is 12.7. The second-order valence-corrected chi connectivity index (χ2v) is 6.99. The molecule has 3 aromatic rings. The predicted molar refractivity (Wildman–Crippen MR) is 95.4 cm³/mol. The van der Waals surface area contributed by atoms with Crippen LogP contribution in [-0.4, -0.2) is 21.9 Å². The van der Waals surface area contributed by atoms with Crippen LogP contribution < -0.4 is 5.76 Å². The van der Waals surface area contributed by atoms with Crippen LogP contribution in [0, 0.1) is 0 Å². The van der Waals surface area contributed by atoms with Gasteiger partial charge in [-0.1, -0.05) is 29.8 Å². The van der Waals surface area contributed by atoms with Crippen molar-refractivity contribution < 1.29 is 9.21 Å². The minimum atomic E-state index is -0.540. The number of halogens is 1. The molecule has 0 spiro atoms. The Morgan fingerprint density at radius 3 is 2.83 bits per heavy atom. The van der Waals surface area contributed by atoms with E-state index in [9.17, 15) is 9.59 Å². The number of para-hydroxylation sites is 2. The molecule has 0 aliphatic carbocycles. The van der Waals surface area contributed by atoms with E-state index in [0.717, 1.165) is 4.88 Å². The molecule has 0 bridgehead atoms. The van der Waals surface area contributed by atoms with Crippen LogP contribution in [0.4, 0.5) is 0 Å². The highest BCUT2D eigenvalue weighted by Gasteiger charge is 2.18. The molecule has 0 radical (unpaired) electrons. The highest BCUT2D eigenvalue weighted by Crippen LogP contribution is 2.23. The lowest BCUT2D eigenvalue weighted by Crippen LogP contribution is -2.35. The lowest BCUT2D eigenvalue weighted by Gasteiger charge is -2.20. The monoisotopic (exact) mass is 362 g/mol. The van der Waals surface area contributed by atoms with Crippen LogP contribution >= 0.6 is 22.9 Å². The van der Waals surface area contributed by atoms with E-state index in [1.54, 1.807) is 41.3 Å². The molecular weight excluding hydrogens is 348 g/mol. The van der Waals surface area contributed by atoms with Crippen molar-refractivity contribution in [2.75, 3.05) is 6.54 Å². The SMILES string of the molecule is C=CCN(Cc1ccc(Cl)s1)C(=O)Cn1c(=O)oc2ccccc21. The van der Waals surface area contributed by atoms with E-state index in [4.69, 9.17) is 16.0 Å². The van der Waals surface area contributed by atoms with Crippen LogP contribution in [0.15, 0.2) is 58.3 Å². The van der Waals surface area contributed by atoms with E-state index in [1.165, 1.54) is 15.9 Å². The van der Waals surface area contributed by atoms with Gasteiger partial charge in [0.05, 0.1) is 16.4 Å². The molecular formula is C17H15ClN2O3S. The number of aromatic nitrogens is 1. The van der Waals surface area contributed by atoms with Crippen molar-refractivity contribution in [3.63, 3.8) is 0 Å². The van der Waals surface area contributed by atoms with Crippen LogP contribution in [0.25, 0.3) is 11.1 Å². The summed E-state index contributed by atoms with van der Waals surface area (Å²) in [6.07, 6.45) is 1.66. The summed E-state index contributed by atoms with van der Waals surface area (Å²) < 4.78 is 7.18. The molecule has 0 fully saturated rings. The van der Waals surface area contributed by atoms with Crippen molar-refractivity contribution in [2.24, 2.45) is 0 Å². The van der Waals surface area contributed by atoms with E-state index in [-0.39, 0.29) is 12.5 Å². The van der Waals surface area contributed by atoms with Crippen LogP contribution in [0.3, 0.4) is 0 Å². The van der Waals surface area contributed by atoms with Crippen molar-refractivity contribution in [1.29, 1.82) is 0 Å². The summed E-state index contributed by atoms with van der Waals surface area (Å²) >= 11 is 7.36. The largest absolute Gasteiger partial charge is 0.420 e. The van der Waals surface area contributed by atoms with Crippen molar-refractivity contribution in [3.05, 3.63) is 68.8 Å². The van der Waals surface area contributed by atoms with Gasteiger partial charge in [-0.3, -0.25) is 9.36 Å². The number of rotatable bonds is 6. The second kappa shape index (κ2) is 7.07. The number of hydrogen-bond acceptors (Lipinski definition) is 4. The molecule has 124 valence electrons. The first-order valence-electron chi connectivity index (χ1n) is 7.29. The van der Waals surface area contributed by atoms with Gasteiger partial charge >= 0.3 is 5.76 Å². The zero-order chi connectivity index (χ0) is 17.1. The minimum Gasteiger partial charge on any atom is -0.408 e. The van der Waals surface area contributed by atoms with Crippen molar-refractivity contribution in [1.82, 2.24) is 9.47 Å². The number of hydrogen-bond donors (Lipinski definition) is 0. The first-order chi connectivity index (χ1) is 11.6. The van der Waals surface area contributed by atoms with Gasteiger partial charge in [0.25, 0.3) is 0 Å². The topological polar surface area (TPSA) is 55.5 Å². The fraction of sp³-hybridized carbons (Fsp3) is 0.176. The quantitative estimate of drug-likeness (QED) is 0.630. The summed E-state index contributed by atoms with van der Waals surface area (Å²) in [5.74, 6) is -0.727. The Hall–Kier alpha value is -2.31. The second-order valence-electron chi connectivity index (χ2n) is 5.19. The van der Waals surface area contributed by atoms with Crippen LogP contribution in [0.1, 0.15) is 4.88 Å². The molecule has 1 aromatic carbocycles. The van der Waals surface area contributed by atoms with Crippen LogP contribution in [0.5, 0.6) is 0 Å². The fourth-order valence-electron chi connectivity index (χ4n) is 2.43. The Morgan fingerprint density at radius 2 is 2.12 bits per heavy atom. The summed E-state index contributed by atoms with van der Waals surface area (Å²) in [5.41, 5.74) is 1.07. The summed E-state index contributed by atoms with van der Waals surface area (Å²) in [4.78, 5) is 27.3. The molecule has 0 aliphatic heterocycles. The molecule has 0 N–H and O–H groups in total. The van der Waals surface area contributed by atoms with Crippen LogP contribution in [0.2, 0.25) is 4.34 Å². The molecule has 2 heterocycles. The predicted octanol–water partition coefficient (Wildman–Crippen LogP) is 3.52. The lowest BCUT2D eigenvalue weighted by molar-refractivity contribution is -0.131. The first-order valence-corrected chi connectivity index (χ1v) is 8.49. The third kappa shape index (κ3) is 3.44. The van der Waals surface area contributed by atoms with Crippen molar-refractivity contribution in [2.45, 2.75) is 13.1 Å².